The summed E-state index contributed by atoms with van der Waals surface area (Å²) in [6.45, 7) is 1.68. The fourth-order valence-corrected chi connectivity index (χ4v) is 1.68. The topological polar surface area (TPSA) is 29.3 Å². The summed E-state index contributed by atoms with van der Waals surface area (Å²) in [5.74, 6) is 0. The maximum atomic E-state index is 12.1. The van der Waals surface area contributed by atoms with Gasteiger partial charge in [0.05, 0.1) is 17.1 Å². The summed E-state index contributed by atoms with van der Waals surface area (Å²) in [6.07, 6.45) is -5.01. The summed E-state index contributed by atoms with van der Waals surface area (Å²) in [6, 6.07) is 3.24. The van der Waals surface area contributed by atoms with Crippen molar-refractivity contribution in [2.45, 2.75) is 19.5 Å². The van der Waals surface area contributed by atoms with Gasteiger partial charge in [-0.1, -0.05) is 11.6 Å². The van der Waals surface area contributed by atoms with Crippen LogP contribution in [-0.2, 0) is 0 Å². The molecule has 0 saturated heterocycles. The normalized spacial score (nSPS) is 11.6. The van der Waals surface area contributed by atoms with Crippen molar-refractivity contribution < 1.29 is 13.2 Å². The van der Waals surface area contributed by atoms with E-state index in [1.165, 1.54) is 4.90 Å². The molecule has 2 nitrogen and oxygen atoms in total. The first-order valence-electron chi connectivity index (χ1n) is 5.04. The highest BCUT2D eigenvalue weighted by Crippen LogP contribution is 2.29. The Morgan fingerprint density at radius 2 is 1.94 bits per heavy atom. The molecule has 0 fully saturated rings. The Balaban J connectivity index is 2.82. The van der Waals surface area contributed by atoms with Gasteiger partial charge in [-0.3, -0.25) is 0 Å². The van der Waals surface area contributed by atoms with Gasteiger partial charge in [-0.25, -0.2) is 0 Å². The molecule has 0 heterocycles. The number of nitrogen functional groups attached to an aromatic ring is 1. The van der Waals surface area contributed by atoms with Crippen molar-refractivity contribution >= 4 is 23.0 Å². The molecule has 0 radical (unpaired) electrons. The maximum Gasteiger partial charge on any atom is 0.390 e. The zero-order chi connectivity index (χ0) is 13.2. The Kier molecular flexibility index (Phi) is 4.14. The van der Waals surface area contributed by atoms with Gasteiger partial charge < -0.3 is 10.6 Å². The van der Waals surface area contributed by atoms with Crippen LogP contribution in [0.25, 0.3) is 0 Å². The minimum Gasteiger partial charge on any atom is -0.398 e. The van der Waals surface area contributed by atoms with Gasteiger partial charge in [-0.2, -0.15) is 13.2 Å². The van der Waals surface area contributed by atoms with Crippen molar-refractivity contribution in [3.63, 3.8) is 0 Å². The molecule has 0 aliphatic heterocycles. The number of hydrogen-bond acceptors (Lipinski definition) is 2. The van der Waals surface area contributed by atoms with Crippen molar-refractivity contribution in [1.29, 1.82) is 0 Å². The Bertz CT molecular complexity index is 404. The number of aryl methyl sites for hydroxylation is 1. The maximum absolute atomic E-state index is 12.1. The van der Waals surface area contributed by atoms with Crippen LogP contribution in [0.1, 0.15) is 12.0 Å². The first-order valence-corrected chi connectivity index (χ1v) is 5.42. The van der Waals surface area contributed by atoms with Crippen molar-refractivity contribution in [2.75, 3.05) is 24.2 Å². The molecule has 96 valence electrons. The standard InChI is InChI=1S/C11H14ClF3N2/c1-7-5-9(16)8(12)6-10(7)17(2)4-3-11(13,14)15/h5-6H,3-4,16H2,1-2H3. The molecule has 0 aromatic heterocycles. The lowest BCUT2D eigenvalue weighted by molar-refractivity contribution is -0.132. The van der Waals surface area contributed by atoms with E-state index in [0.717, 1.165) is 5.56 Å². The summed E-state index contributed by atoms with van der Waals surface area (Å²) >= 11 is 5.85. The van der Waals surface area contributed by atoms with Crippen LogP contribution in [-0.4, -0.2) is 19.8 Å². The minimum atomic E-state index is -4.15. The smallest absolute Gasteiger partial charge is 0.390 e. The van der Waals surface area contributed by atoms with E-state index in [2.05, 4.69) is 0 Å². The quantitative estimate of drug-likeness (QED) is 0.847. The Morgan fingerprint density at radius 1 is 1.35 bits per heavy atom. The first kappa shape index (κ1) is 14.0. The number of halogens is 4. The molecule has 17 heavy (non-hydrogen) atoms. The van der Waals surface area contributed by atoms with Crippen LogP contribution >= 0.6 is 11.6 Å². The van der Waals surface area contributed by atoms with Crippen LogP contribution in [0.3, 0.4) is 0 Å². The molecule has 0 bridgehead atoms. The average Bonchev–Trinajstić information content (AvgIpc) is 2.19. The highest BCUT2D eigenvalue weighted by molar-refractivity contribution is 6.33. The lowest BCUT2D eigenvalue weighted by Gasteiger charge is -2.22. The first-order chi connectivity index (χ1) is 7.70. The Labute approximate surface area is 103 Å². The Morgan fingerprint density at radius 3 is 2.47 bits per heavy atom. The number of anilines is 2. The van der Waals surface area contributed by atoms with Crippen molar-refractivity contribution in [2.24, 2.45) is 0 Å². The summed E-state index contributed by atoms with van der Waals surface area (Å²) in [5.41, 5.74) is 7.49. The lowest BCUT2D eigenvalue weighted by atomic mass is 10.1. The Hall–Kier alpha value is -1.10. The number of nitrogens with zero attached hydrogens (tertiary/aromatic N) is 1. The zero-order valence-electron chi connectivity index (χ0n) is 9.61. The number of benzene rings is 1. The third-order valence-corrected chi connectivity index (χ3v) is 2.78. The summed E-state index contributed by atoms with van der Waals surface area (Å²) < 4.78 is 36.3. The van der Waals surface area contributed by atoms with Crippen LogP contribution in [0.2, 0.25) is 5.02 Å². The molecule has 1 aromatic rings. The second kappa shape index (κ2) is 5.04. The third-order valence-electron chi connectivity index (χ3n) is 2.46. The monoisotopic (exact) mass is 266 g/mol. The van der Waals surface area contributed by atoms with Gasteiger partial charge >= 0.3 is 6.18 Å². The van der Waals surface area contributed by atoms with E-state index >= 15 is 0 Å². The highest BCUT2D eigenvalue weighted by atomic mass is 35.5. The van der Waals surface area contributed by atoms with Crippen LogP contribution < -0.4 is 10.6 Å². The molecule has 1 rings (SSSR count). The van der Waals surface area contributed by atoms with Gasteiger partial charge in [-0.05, 0) is 24.6 Å². The fraction of sp³-hybridized carbons (Fsp3) is 0.455. The largest absolute Gasteiger partial charge is 0.398 e. The third kappa shape index (κ3) is 4.00. The number of hydrogen-bond donors (Lipinski definition) is 1. The van der Waals surface area contributed by atoms with Gasteiger partial charge in [0.2, 0.25) is 0 Å². The molecule has 0 aliphatic rings. The van der Waals surface area contributed by atoms with Gasteiger partial charge in [0.1, 0.15) is 0 Å². The van der Waals surface area contributed by atoms with E-state index in [4.69, 9.17) is 17.3 Å². The van der Waals surface area contributed by atoms with Crippen LogP contribution in [0.4, 0.5) is 24.5 Å². The molecular formula is C11H14ClF3N2. The molecule has 0 saturated carbocycles. The number of nitrogens with two attached hydrogens (primary N) is 1. The summed E-state index contributed by atoms with van der Waals surface area (Å²) in [7, 11) is 1.60. The van der Waals surface area contributed by atoms with E-state index in [0.29, 0.717) is 16.4 Å². The van der Waals surface area contributed by atoms with E-state index in [9.17, 15) is 13.2 Å². The molecule has 2 N–H and O–H groups in total. The van der Waals surface area contributed by atoms with Crippen molar-refractivity contribution in [3.05, 3.63) is 22.7 Å². The van der Waals surface area contributed by atoms with Crippen LogP contribution in [0.5, 0.6) is 0 Å². The SMILES string of the molecule is Cc1cc(N)c(Cl)cc1N(C)CCC(F)(F)F. The molecule has 0 unspecified atom stereocenters. The van der Waals surface area contributed by atoms with Crippen molar-refractivity contribution in [1.82, 2.24) is 0 Å². The molecule has 0 spiro atoms. The van der Waals surface area contributed by atoms with Gasteiger partial charge in [-0.15, -0.1) is 0 Å². The molecule has 0 aliphatic carbocycles. The predicted octanol–water partition coefficient (Wildman–Crippen LogP) is 3.62. The highest BCUT2D eigenvalue weighted by Gasteiger charge is 2.27. The molecule has 1 aromatic carbocycles. The number of rotatable bonds is 3. The minimum absolute atomic E-state index is 0.107. The lowest BCUT2D eigenvalue weighted by Crippen LogP contribution is -2.24. The van der Waals surface area contributed by atoms with Gasteiger partial charge in [0, 0.05) is 19.3 Å². The molecular weight excluding hydrogens is 253 g/mol. The number of alkyl halides is 3. The summed E-state index contributed by atoms with van der Waals surface area (Å²) in [5, 5.41) is 0.351. The predicted molar refractivity (Wildman–Crippen MR) is 64.5 cm³/mol. The summed E-state index contributed by atoms with van der Waals surface area (Å²) in [4.78, 5) is 1.52. The van der Waals surface area contributed by atoms with E-state index < -0.39 is 12.6 Å². The van der Waals surface area contributed by atoms with E-state index in [1.54, 1.807) is 26.1 Å². The molecule has 0 atom stereocenters. The van der Waals surface area contributed by atoms with Gasteiger partial charge in [0.15, 0.2) is 0 Å². The van der Waals surface area contributed by atoms with Crippen LogP contribution in [0.15, 0.2) is 12.1 Å². The average molecular weight is 267 g/mol. The van der Waals surface area contributed by atoms with E-state index in [-0.39, 0.29) is 6.54 Å². The molecule has 0 amide bonds. The second-order valence-electron chi connectivity index (χ2n) is 3.95. The molecule has 6 heteroatoms. The van der Waals surface area contributed by atoms with Crippen molar-refractivity contribution in [3.8, 4) is 0 Å². The van der Waals surface area contributed by atoms with E-state index in [1.807, 2.05) is 0 Å². The zero-order valence-corrected chi connectivity index (χ0v) is 10.4. The second-order valence-corrected chi connectivity index (χ2v) is 4.35. The fourth-order valence-electron chi connectivity index (χ4n) is 1.52. The van der Waals surface area contributed by atoms with Crippen LogP contribution in [0, 0.1) is 6.92 Å². The van der Waals surface area contributed by atoms with Gasteiger partial charge in [0.25, 0.3) is 0 Å².